The van der Waals surface area contributed by atoms with E-state index in [9.17, 15) is 20.1 Å². The zero-order valence-electron chi connectivity index (χ0n) is 14.1. The number of phenols is 3. The van der Waals surface area contributed by atoms with Crippen molar-refractivity contribution in [3.05, 3.63) is 50.9 Å². The fourth-order valence-corrected chi connectivity index (χ4v) is 3.15. The molecule has 2 heterocycles. The molecule has 0 atom stereocenters. The van der Waals surface area contributed by atoms with Crippen LogP contribution in [0.2, 0.25) is 0 Å². The zero-order valence-corrected chi connectivity index (χ0v) is 14.1. The van der Waals surface area contributed by atoms with Crippen LogP contribution in [0.1, 0.15) is 22.3 Å². The predicted molar refractivity (Wildman–Crippen MR) is 92.3 cm³/mol. The molecule has 3 aromatic rings. The van der Waals surface area contributed by atoms with Gasteiger partial charge in [-0.3, -0.25) is 4.79 Å². The van der Waals surface area contributed by atoms with Crippen molar-refractivity contribution in [2.45, 2.75) is 20.3 Å². The second-order valence-electron chi connectivity index (χ2n) is 6.23. The van der Waals surface area contributed by atoms with Crippen LogP contribution in [0.25, 0.3) is 11.0 Å². The van der Waals surface area contributed by atoms with Gasteiger partial charge in [-0.1, -0.05) is 6.07 Å². The van der Waals surface area contributed by atoms with E-state index in [0.717, 1.165) is 0 Å². The molecule has 2 aromatic carbocycles. The van der Waals surface area contributed by atoms with Gasteiger partial charge in [0.05, 0.1) is 6.26 Å². The van der Waals surface area contributed by atoms with E-state index >= 15 is 0 Å². The Balaban J connectivity index is 1.87. The fraction of sp³-hybridized carbons (Fsp3) is 0.211. The van der Waals surface area contributed by atoms with Crippen LogP contribution in [0.15, 0.2) is 27.6 Å². The van der Waals surface area contributed by atoms with E-state index in [0.29, 0.717) is 16.9 Å². The molecule has 3 N–H and O–H groups in total. The summed E-state index contributed by atoms with van der Waals surface area (Å²) in [5.41, 5.74) is 1.02. The molecule has 7 heteroatoms. The van der Waals surface area contributed by atoms with Crippen molar-refractivity contribution in [1.29, 1.82) is 0 Å². The normalized spacial score (nSPS) is 12.7. The smallest absolute Gasteiger partial charge is 0.231 e. The van der Waals surface area contributed by atoms with Crippen LogP contribution in [0.3, 0.4) is 0 Å². The van der Waals surface area contributed by atoms with Gasteiger partial charge in [-0.05, 0) is 19.9 Å². The molecule has 0 saturated heterocycles. The quantitative estimate of drug-likeness (QED) is 0.648. The molecule has 0 spiro atoms. The van der Waals surface area contributed by atoms with Crippen molar-refractivity contribution in [3.8, 4) is 28.7 Å². The predicted octanol–water partition coefficient (Wildman–Crippen LogP) is 2.85. The van der Waals surface area contributed by atoms with Crippen molar-refractivity contribution < 1.29 is 29.2 Å². The molecular formula is C19H16O7. The first kappa shape index (κ1) is 16.1. The minimum Gasteiger partial charge on any atom is -0.507 e. The Hall–Kier alpha value is -3.35. The number of rotatable bonds is 2. The van der Waals surface area contributed by atoms with Gasteiger partial charge < -0.3 is 29.2 Å². The number of ether oxygens (including phenoxy) is 2. The van der Waals surface area contributed by atoms with Crippen LogP contribution in [0.4, 0.5) is 0 Å². The van der Waals surface area contributed by atoms with E-state index in [1.807, 2.05) is 0 Å². The largest absolute Gasteiger partial charge is 0.507 e. The van der Waals surface area contributed by atoms with Crippen molar-refractivity contribution >= 4 is 11.0 Å². The van der Waals surface area contributed by atoms with Crippen molar-refractivity contribution in [2.75, 3.05) is 6.79 Å². The summed E-state index contributed by atoms with van der Waals surface area (Å²) in [6, 6.07) is 3.30. The summed E-state index contributed by atoms with van der Waals surface area (Å²) in [7, 11) is 0. The van der Waals surface area contributed by atoms with Gasteiger partial charge in [-0.25, -0.2) is 0 Å². The Kier molecular flexibility index (Phi) is 3.47. The summed E-state index contributed by atoms with van der Waals surface area (Å²) in [5.74, 6) is 0.165. The minimum atomic E-state index is -0.424. The molecule has 0 unspecified atom stereocenters. The van der Waals surface area contributed by atoms with Crippen LogP contribution < -0.4 is 14.9 Å². The van der Waals surface area contributed by atoms with Crippen LogP contribution in [0, 0.1) is 13.8 Å². The second-order valence-corrected chi connectivity index (χ2v) is 6.23. The highest BCUT2D eigenvalue weighted by Gasteiger charge is 2.23. The molecule has 26 heavy (non-hydrogen) atoms. The van der Waals surface area contributed by atoms with Gasteiger partial charge >= 0.3 is 0 Å². The third-order valence-corrected chi connectivity index (χ3v) is 4.69. The number of fused-ring (bicyclic) bond motifs is 2. The SMILES string of the molecule is Cc1c(O)c(C)c2occ(Cc3ccc4c(c3O)OCO4)c(=O)c2c1O. The first-order valence-electron chi connectivity index (χ1n) is 7.96. The third-order valence-electron chi connectivity index (χ3n) is 4.69. The van der Waals surface area contributed by atoms with Crippen LogP contribution in [-0.4, -0.2) is 22.1 Å². The number of benzene rings is 2. The summed E-state index contributed by atoms with van der Waals surface area (Å²) >= 11 is 0. The van der Waals surface area contributed by atoms with Crippen molar-refractivity contribution in [1.82, 2.24) is 0 Å². The lowest BCUT2D eigenvalue weighted by Crippen LogP contribution is -2.10. The van der Waals surface area contributed by atoms with Gasteiger partial charge in [0.2, 0.25) is 12.5 Å². The van der Waals surface area contributed by atoms with Gasteiger partial charge in [0.1, 0.15) is 22.5 Å². The van der Waals surface area contributed by atoms with Gasteiger partial charge in [-0.2, -0.15) is 0 Å². The van der Waals surface area contributed by atoms with Gasteiger partial charge in [0.25, 0.3) is 0 Å². The number of aromatic hydroxyl groups is 3. The van der Waals surface area contributed by atoms with Crippen molar-refractivity contribution in [3.63, 3.8) is 0 Å². The first-order chi connectivity index (χ1) is 12.4. The van der Waals surface area contributed by atoms with E-state index in [4.69, 9.17) is 13.9 Å². The maximum absolute atomic E-state index is 12.9. The molecule has 134 valence electrons. The Morgan fingerprint density at radius 3 is 2.50 bits per heavy atom. The second kappa shape index (κ2) is 5.59. The topological polar surface area (TPSA) is 109 Å². The molecule has 1 aliphatic rings. The highest BCUT2D eigenvalue weighted by Crippen LogP contribution is 2.43. The van der Waals surface area contributed by atoms with Crippen LogP contribution in [0.5, 0.6) is 28.7 Å². The molecular weight excluding hydrogens is 340 g/mol. The molecule has 0 aliphatic carbocycles. The van der Waals surface area contributed by atoms with E-state index in [2.05, 4.69) is 0 Å². The van der Waals surface area contributed by atoms with E-state index in [-0.39, 0.29) is 58.3 Å². The monoisotopic (exact) mass is 356 g/mol. The maximum atomic E-state index is 12.9. The number of aryl methyl sites for hydroxylation is 1. The zero-order chi connectivity index (χ0) is 18.6. The Labute approximate surface area is 147 Å². The lowest BCUT2D eigenvalue weighted by Gasteiger charge is -2.11. The molecule has 0 radical (unpaired) electrons. The van der Waals surface area contributed by atoms with Gasteiger partial charge in [0.15, 0.2) is 16.9 Å². The molecule has 4 rings (SSSR count). The summed E-state index contributed by atoms with van der Waals surface area (Å²) in [5, 5.41) is 30.7. The number of hydrogen-bond donors (Lipinski definition) is 3. The summed E-state index contributed by atoms with van der Waals surface area (Å²) in [4.78, 5) is 12.9. The van der Waals surface area contributed by atoms with Crippen LogP contribution in [-0.2, 0) is 6.42 Å². The maximum Gasteiger partial charge on any atom is 0.231 e. The molecule has 0 bridgehead atoms. The molecule has 0 saturated carbocycles. The van der Waals surface area contributed by atoms with Crippen LogP contribution >= 0.6 is 0 Å². The average molecular weight is 356 g/mol. The lowest BCUT2D eigenvalue weighted by atomic mass is 10.00. The average Bonchev–Trinajstić information content (AvgIpc) is 3.11. The Morgan fingerprint density at radius 2 is 1.73 bits per heavy atom. The standard InChI is InChI=1S/C19H16O7/c1-8-14(20)9(2)18-13(15(8)21)16(22)11(6-24-18)5-10-3-4-12-19(17(10)23)26-7-25-12/h3-4,6,20-21,23H,5,7H2,1-2H3. The summed E-state index contributed by atoms with van der Waals surface area (Å²) in [6.45, 7) is 3.16. The van der Waals surface area contributed by atoms with Gasteiger partial charge in [0, 0.05) is 28.7 Å². The summed E-state index contributed by atoms with van der Waals surface area (Å²) < 4.78 is 15.9. The molecule has 1 aliphatic heterocycles. The third kappa shape index (κ3) is 2.17. The molecule has 0 amide bonds. The Bertz CT molecular complexity index is 1110. The molecule has 7 nitrogen and oxygen atoms in total. The van der Waals surface area contributed by atoms with E-state index in [1.54, 1.807) is 19.1 Å². The van der Waals surface area contributed by atoms with Crippen molar-refractivity contribution in [2.24, 2.45) is 0 Å². The van der Waals surface area contributed by atoms with E-state index < -0.39 is 5.43 Å². The highest BCUT2D eigenvalue weighted by molar-refractivity contribution is 5.90. The minimum absolute atomic E-state index is 0.00975. The lowest BCUT2D eigenvalue weighted by molar-refractivity contribution is 0.171. The summed E-state index contributed by atoms with van der Waals surface area (Å²) in [6.07, 6.45) is 1.36. The first-order valence-corrected chi connectivity index (χ1v) is 7.96. The number of phenolic OH excluding ortho intramolecular Hbond substituents is 3. The fourth-order valence-electron chi connectivity index (χ4n) is 3.15. The molecule has 1 aromatic heterocycles. The van der Waals surface area contributed by atoms with E-state index in [1.165, 1.54) is 13.2 Å². The number of hydrogen-bond acceptors (Lipinski definition) is 7. The van der Waals surface area contributed by atoms with Gasteiger partial charge in [-0.15, -0.1) is 0 Å². The molecule has 0 fully saturated rings. The highest BCUT2D eigenvalue weighted by atomic mass is 16.7. The Morgan fingerprint density at radius 1 is 0.962 bits per heavy atom.